The lowest BCUT2D eigenvalue weighted by Crippen LogP contribution is -2.36. The van der Waals surface area contributed by atoms with Crippen molar-refractivity contribution in [3.05, 3.63) is 24.3 Å². The van der Waals surface area contributed by atoms with E-state index in [2.05, 4.69) is 10.0 Å². The first-order valence-electron chi connectivity index (χ1n) is 7.02. The molecule has 1 saturated carbocycles. The number of rotatable bonds is 5. The van der Waals surface area contributed by atoms with Gasteiger partial charge in [0.25, 0.3) is 0 Å². The lowest BCUT2D eigenvalue weighted by molar-refractivity contribution is 0.332. The predicted molar refractivity (Wildman–Crippen MR) is 83.3 cm³/mol. The maximum Gasteiger partial charge on any atom is 0.229 e. The minimum Gasteiger partial charge on any atom is -0.382 e. The van der Waals surface area contributed by atoms with E-state index in [4.69, 9.17) is 5.73 Å². The Hall–Kier alpha value is -1.27. The van der Waals surface area contributed by atoms with Crippen molar-refractivity contribution in [1.82, 2.24) is 0 Å². The molecule has 1 aromatic rings. The molecule has 0 heterocycles. The normalized spacial score (nSPS) is 23.3. The Morgan fingerprint density at radius 1 is 1.25 bits per heavy atom. The number of anilines is 2. The zero-order valence-electron chi connectivity index (χ0n) is 11.8. The van der Waals surface area contributed by atoms with Crippen LogP contribution < -0.4 is 15.8 Å². The third-order valence-corrected chi connectivity index (χ3v) is 4.34. The van der Waals surface area contributed by atoms with Crippen LogP contribution in [0.2, 0.25) is 0 Å². The molecular formula is C14H23N3O2S. The van der Waals surface area contributed by atoms with E-state index in [1.54, 1.807) is 6.07 Å². The average molecular weight is 297 g/mol. The summed E-state index contributed by atoms with van der Waals surface area (Å²) in [6.45, 7) is 0.693. The first-order valence-corrected chi connectivity index (χ1v) is 8.91. The molecule has 1 aliphatic rings. The second kappa shape index (κ2) is 6.45. The largest absolute Gasteiger partial charge is 0.382 e. The maximum absolute atomic E-state index is 11.3. The Morgan fingerprint density at radius 2 is 1.95 bits per heavy atom. The van der Waals surface area contributed by atoms with Crippen molar-refractivity contribution >= 4 is 21.4 Å². The minimum atomic E-state index is -3.24. The molecule has 0 saturated heterocycles. The van der Waals surface area contributed by atoms with Gasteiger partial charge >= 0.3 is 0 Å². The molecule has 0 radical (unpaired) electrons. The molecule has 20 heavy (non-hydrogen) atoms. The summed E-state index contributed by atoms with van der Waals surface area (Å²) in [6, 6.07) is 7.74. The fourth-order valence-electron chi connectivity index (χ4n) is 2.78. The fraction of sp³-hybridized carbons (Fsp3) is 0.571. The van der Waals surface area contributed by atoms with Crippen LogP contribution in [0, 0.1) is 5.92 Å². The van der Waals surface area contributed by atoms with Crippen LogP contribution in [0.1, 0.15) is 25.7 Å². The zero-order chi connectivity index (χ0) is 14.6. The maximum atomic E-state index is 11.3. The van der Waals surface area contributed by atoms with E-state index in [-0.39, 0.29) is 0 Å². The van der Waals surface area contributed by atoms with Gasteiger partial charge in [-0.25, -0.2) is 8.42 Å². The predicted octanol–water partition coefficient (Wildman–Crippen LogP) is 1.99. The van der Waals surface area contributed by atoms with Gasteiger partial charge in [0.2, 0.25) is 10.0 Å². The van der Waals surface area contributed by atoms with Gasteiger partial charge in [-0.15, -0.1) is 0 Å². The molecule has 0 amide bonds. The molecule has 4 N–H and O–H groups in total. The number of sulfonamides is 1. The molecule has 1 aromatic carbocycles. The minimum absolute atomic E-state index is 0.377. The Bertz CT molecular complexity index is 545. The molecule has 0 aromatic heterocycles. The quantitative estimate of drug-likeness (QED) is 0.776. The van der Waals surface area contributed by atoms with E-state index in [1.165, 1.54) is 12.8 Å². The van der Waals surface area contributed by atoms with E-state index in [0.29, 0.717) is 24.2 Å². The molecule has 2 rings (SSSR count). The van der Waals surface area contributed by atoms with Crippen LogP contribution in [0.15, 0.2) is 24.3 Å². The van der Waals surface area contributed by atoms with Crippen molar-refractivity contribution in [3.8, 4) is 0 Å². The molecule has 6 heteroatoms. The highest BCUT2D eigenvalue weighted by atomic mass is 32.2. The number of hydrogen-bond acceptors (Lipinski definition) is 4. The summed E-state index contributed by atoms with van der Waals surface area (Å²) in [6.07, 6.45) is 5.89. The molecule has 5 nitrogen and oxygen atoms in total. The van der Waals surface area contributed by atoms with Gasteiger partial charge < -0.3 is 11.1 Å². The summed E-state index contributed by atoms with van der Waals surface area (Å²) in [4.78, 5) is 0. The number of nitrogens with one attached hydrogen (secondary N) is 2. The Balaban J connectivity index is 2.07. The van der Waals surface area contributed by atoms with E-state index in [1.807, 2.05) is 18.2 Å². The van der Waals surface area contributed by atoms with Crippen LogP contribution in [0.25, 0.3) is 0 Å². The summed E-state index contributed by atoms with van der Waals surface area (Å²) in [5, 5.41) is 3.49. The molecular weight excluding hydrogens is 274 g/mol. The third kappa shape index (κ3) is 4.38. The summed E-state index contributed by atoms with van der Waals surface area (Å²) < 4.78 is 25.0. The first-order chi connectivity index (χ1) is 9.48. The van der Waals surface area contributed by atoms with Crippen LogP contribution in [0.3, 0.4) is 0 Å². The fourth-order valence-corrected chi connectivity index (χ4v) is 3.34. The molecule has 0 bridgehead atoms. The number of hydrogen-bond donors (Lipinski definition) is 3. The van der Waals surface area contributed by atoms with Gasteiger partial charge in [-0.05, 0) is 43.5 Å². The van der Waals surface area contributed by atoms with Crippen LogP contribution in [-0.2, 0) is 10.0 Å². The highest BCUT2D eigenvalue weighted by Gasteiger charge is 2.23. The highest BCUT2D eigenvalue weighted by Crippen LogP contribution is 2.27. The SMILES string of the molecule is CS(=O)(=O)Nc1cccc(NC2CCCCC2CN)c1. The number of benzene rings is 1. The van der Waals surface area contributed by atoms with E-state index >= 15 is 0 Å². The lowest BCUT2D eigenvalue weighted by Gasteiger charge is -2.32. The summed E-state index contributed by atoms with van der Waals surface area (Å²) in [5.74, 6) is 0.496. The molecule has 0 aliphatic heterocycles. The molecule has 2 unspecified atom stereocenters. The number of nitrogens with two attached hydrogens (primary N) is 1. The molecule has 1 aliphatic carbocycles. The van der Waals surface area contributed by atoms with Crippen molar-refractivity contribution in [1.29, 1.82) is 0 Å². The standard InChI is InChI=1S/C14H23N3O2S/c1-20(18,19)17-13-7-4-6-12(9-13)16-14-8-3-2-5-11(14)10-15/h4,6-7,9,11,14,16-17H,2-3,5,8,10,15H2,1H3. The first kappa shape index (κ1) is 15.1. The molecule has 2 atom stereocenters. The van der Waals surface area contributed by atoms with Gasteiger partial charge in [0.1, 0.15) is 0 Å². The second-order valence-electron chi connectivity index (χ2n) is 5.49. The van der Waals surface area contributed by atoms with E-state index in [0.717, 1.165) is 24.8 Å². The van der Waals surface area contributed by atoms with Gasteiger partial charge in [-0.2, -0.15) is 0 Å². The summed E-state index contributed by atoms with van der Waals surface area (Å²) in [5.41, 5.74) is 7.34. The van der Waals surface area contributed by atoms with Gasteiger partial charge in [0, 0.05) is 11.7 Å². The smallest absolute Gasteiger partial charge is 0.229 e. The van der Waals surface area contributed by atoms with Crippen LogP contribution in [0.5, 0.6) is 0 Å². The average Bonchev–Trinajstić information content (AvgIpc) is 2.38. The molecule has 112 valence electrons. The molecule has 0 spiro atoms. The van der Waals surface area contributed by atoms with Crippen LogP contribution in [0.4, 0.5) is 11.4 Å². The topological polar surface area (TPSA) is 84.2 Å². The zero-order valence-corrected chi connectivity index (χ0v) is 12.6. The summed E-state index contributed by atoms with van der Waals surface area (Å²) in [7, 11) is -3.24. The van der Waals surface area contributed by atoms with Crippen molar-refractivity contribution in [2.45, 2.75) is 31.7 Å². The van der Waals surface area contributed by atoms with Gasteiger partial charge in [-0.1, -0.05) is 18.9 Å². The van der Waals surface area contributed by atoms with Crippen LogP contribution >= 0.6 is 0 Å². The molecule has 1 fully saturated rings. The lowest BCUT2D eigenvalue weighted by atomic mass is 9.84. The van der Waals surface area contributed by atoms with Crippen molar-refractivity contribution in [3.63, 3.8) is 0 Å². The highest BCUT2D eigenvalue weighted by molar-refractivity contribution is 7.92. The second-order valence-corrected chi connectivity index (χ2v) is 7.23. The van der Waals surface area contributed by atoms with Crippen molar-refractivity contribution in [2.24, 2.45) is 11.7 Å². The Morgan fingerprint density at radius 3 is 2.65 bits per heavy atom. The summed E-state index contributed by atoms with van der Waals surface area (Å²) >= 11 is 0. The van der Waals surface area contributed by atoms with Crippen molar-refractivity contribution in [2.75, 3.05) is 22.8 Å². The Labute approximate surface area is 121 Å². The Kier molecular flexibility index (Phi) is 4.88. The van der Waals surface area contributed by atoms with Gasteiger partial charge in [0.15, 0.2) is 0 Å². The third-order valence-electron chi connectivity index (χ3n) is 3.73. The van der Waals surface area contributed by atoms with Gasteiger partial charge in [-0.3, -0.25) is 4.72 Å². The van der Waals surface area contributed by atoms with Crippen molar-refractivity contribution < 1.29 is 8.42 Å². The van der Waals surface area contributed by atoms with Gasteiger partial charge in [0.05, 0.1) is 11.9 Å². The van der Waals surface area contributed by atoms with E-state index in [9.17, 15) is 8.42 Å². The van der Waals surface area contributed by atoms with Crippen LogP contribution in [-0.4, -0.2) is 27.3 Å². The monoisotopic (exact) mass is 297 g/mol. The van der Waals surface area contributed by atoms with E-state index < -0.39 is 10.0 Å².